The van der Waals surface area contributed by atoms with E-state index in [9.17, 15) is 0 Å². The summed E-state index contributed by atoms with van der Waals surface area (Å²) in [5, 5.41) is 0. The van der Waals surface area contributed by atoms with E-state index in [1.165, 1.54) is 0 Å². The first kappa shape index (κ1) is 8.48. The van der Waals surface area contributed by atoms with Crippen molar-refractivity contribution in [2.24, 2.45) is 5.92 Å². The highest BCUT2D eigenvalue weighted by Gasteiger charge is 1.95. The molecule has 0 fully saturated rings. The second-order valence-corrected chi connectivity index (χ2v) is 2.03. The van der Waals surface area contributed by atoms with Gasteiger partial charge < -0.3 is 0 Å². The van der Waals surface area contributed by atoms with Gasteiger partial charge in [-0.25, -0.2) is 0 Å². The highest BCUT2D eigenvalue weighted by molar-refractivity contribution is 5.01. The Morgan fingerprint density at radius 2 is 2.22 bits per heavy atom. The van der Waals surface area contributed by atoms with Crippen molar-refractivity contribution >= 4 is 0 Å². The van der Waals surface area contributed by atoms with Gasteiger partial charge in [-0.15, -0.1) is 6.58 Å². The van der Waals surface area contributed by atoms with E-state index in [1.807, 2.05) is 19.1 Å². The van der Waals surface area contributed by atoms with Crippen molar-refractivity contribution in [3.8, 4) is 0 Å². The van der Waals surface area contributed by atoms with Crippen molar-refractivity contribution in [3.05, 3.63) is 31.2 Å². The molecule has 0 spiro atoms. The molecule has 0 rings (SSSR count). The molecule has 0 aliphatic heterocycles. The molecule has 51 valence electrons. The van der Waals surface area contributed by atoms with Crippen molar-refractivity contribution in [1.29, 1.82) is 0 Å². The molecule has 0 aromatic carbocycles. The molecule has 9 heavy (non-hydrogen) atoms. The minimum Gasteiger partial charge on any atom is -0.103 e. The van der Waals surface area contributed by atoms with Crippen LogP contribution in [0.2, 0.25) is 0 Å². The van der Waals surface area contributed by atoms with Crippen molar-refractivity contribution in [2.75, 3.05) is 0 Å². The molecule has 0 heteroatoms. The molecule has 0 nitrogen and oxygen atoms in total. The summed E-state index contributed by atoms with van der Waals surface area (Å²) in [6, 6.07) is 0. The lowest BCUT2D eigenvalue weighted by Gasteiger charge is -2.02. The molecule has 0 aliphatic rings. The Hall–Kier alpha value is -0.520. The molecule has 1 unspecified atom stereocenters. The lowest BCUT2D eigenvalue weighted by atomic mass is 10.0. The Bertz CT molecular complexity index is 90.2. The van der Waals surface area contributed by atoms with E-state index >= 15 is 0 Å². The Morgan fingerprint density at radius 1 is 1.56 bits per heavy atom. The molecule has 0 amide bonds. The van der Waals surface area contributed by atoms with Crippen LogP contribution in [0.15, 0.2) is 24.8 Å². The van der Waals surface area contributed by atoms with Gasteiger partial charge in [0, 0.05) is 0 Å². The third-order valence-corrected chi connectivity index (χ3v) is 1.32. The zero-order valence-corrected chi connectivity index (χ0v) is 6.30. The van der Waals surface area contributed by atoms with Gasteiger partial charge in [-0.05, 0) is 25.7 Å². The van der Waals surface area contributed by atoms with Gasteiger partial charge in [0.15, 0.2) is 0 Å². The standard InChI is InChI=1S/C9H15/c1-4-7-8-9(5-2)6-3/h4-5,7-9H,2,6H2,1,3H3. The van der Waals surface area contributed by atoms with Crippen LogP contribution in [0.5, 0.6) is 0 Å². The normalized spacial score (nSPS) is 14.0. The van der Waals surface area contributed by atoms with Crippen molar-refractivity contribution in [2.45, 2.75) is 20.3 Å². The summed E-state index contributed by atoms with van der Waals surface area (Å²) in [5.74, 6) is 0.557. The van der Waals surface area contributed by atoms with Gasteiger partial charge in [-0.3, -0.25) is 0 Å². The predicted octanol–water partition coefficient (Wildman–Crippen LogP) is 2.98. The number of hydrogen-bond donors (Lipinski definition) is 0. The van der Waals surface area contributed by atoms with Gasteiger partial charge in [-0.1, -0.05) is 25.2 Å². The molecule has 0 heterocycles. The SMILES string of the molecule is C=CC([CH]C=CC)CC. The predicted molar refractivity (Wildman–Crippen MR) is 43.1 cm³/mol. The molecule has 0 saturated heterocycles. The molecule has 0 aromatic heterocycles. The average molecular weight is 123 g/mol. The lowest BCUT2D eigenvalue weighted by Crippen LogP contribution is -1.90. The Kier molecular flexibility index (Phi) is 5.29. The van der Waals surface area contributed by atoms with Crippen molar-refractivity contribution in [1.82, 2.24) is 0 Å². The van der Waals surface area contributed by atoms with Crippen LogP contribution in [-0.2, 0) is 0 Å². The highest BCUT2D eigenvalue weighted by Crippen LogP contribution is 2.07. The van der Waals surface area contributed by atoms with E-state index in [0.29, 0.717) is 5.92 Å². The van der Waals surface area contributed by atoms with E-state index in [0.717, 1.165) is 6.42 Å². The van der Waals surface area contributed by atoms with E-state index in [-0.39, 0.29) is 0 Å². The minimum atomic E-state index is 0.557. The fourth-order valence-corrected chi connectivity index (χ4v) is 0.635. The maximum Gasteiger partial charge on any atom is -0.0102 e. The molecular formula is C9H15. The summed E-state index contributed by atoms with van der Waals surface area (Å²) >= 11 is 0. The summed E-state index contributed by atoms with van der Waals surface area (Å²) in [7, 11) is 0. The molecule has 1 atom stereocenters. The van der Waals surface area contributed by atoms with Gasteiger partial charge in [0.05, 0.1) is 0 Å². The summed E-state index contributed by atoms with van der Waals surface area (Å²) in [6.07, 6.45) is 9.38. The fourth-order valence-electron chi connectivity index (χ4n) is 0.635. The van der Waals surface area contributed by atoms with Crippen molar-refractivity contribution < 1.29 is 0 Å². The molecular weight excluding hydrogens is 108 g/mol. The maximum absolute atomic E-state index is 3.72. The second kappa shape index (κ2) is 5.61. The van der Waals surface area contributed by atoms with Crippen LogP contribution in [0.25, 0.3) is 0 Å². The van der Waals surface area contributed by atoms with Crippen LogP contribution < -0.4 is 0 Å². The molecule has 0 N–H and O–H groups in total. The van der Waals surface area contributed by atoms with Gasteiger partial charge in [-0.2, -0.15) is 0 Å². The van der Waals surface area contributed by atoms with Crippen LogP contribution in [-0.4, -0.2) is 0 Å². The molecule has 1 radical (unpaired) electrons. The van der Waals surface area contributed by atoms with E-state index < -0.39 is 0 Å². The van der Waals surface area contributed by atoms with Gasteiger partial charge in [0.25, 0.3) is 0 Å². The monoisotopic (exact) mass is 123 g/mol. The third kappa shape index (κ3) is 4.01. The molecule has 0 saturated carbocycles. The number of hydrogen-bond acceptors (Lipinski definition) is 0. The first-order valence-corrected chi connectivity index (χ1v) is 3.43. The van der Waals surface area contributed by atoms with Crippen LogP contribution >= 0.6 is 0 Å². The Labute approximate surface area is 58.3 Å². The summed E-state index contributed by atoms with van der Waals surface area (Å²) in [6.45, 7) is 7.90. The zero-order valence-electron chi connectivity index (χ0n) is 6.30. The number of allylic oxidation sites excluding steroid dienone is 3. The summed E-state index contributed by atoms with van der Waals surface area (Å²) < 4.78 is 0. The average Bonchev–Trinajstić information content (AvgIpc) is 1.91. The largest absolute Gasteiger partial charge is 0.103 e. The van der Waals surface area contributed by atoms with Crippen LogP contribution in [0, 0.1) is 12.3 Å². The Balaban J connectivity index is 3.42. The maximum atomic E-state index is 3.72. The molecule has 0 bridgehead atoms. The fraction of sp³-hybridized carbons (Fsp3) is 0.444. The lowest BCUT2D eigenvalue weighted by molar-refractivity contribution is 0.740. The second-order valence-electron chi connectivity index (χ2n) is 2.03. The topological polar surface area (TPSA) is 0 Å². The van der Waals surface area contributed by atoms with Gasteiger partial charge in [0.2, 0.25) is 0 Å². The smallest absolute Gasteiger partial charge is 0.0102 e. The highest BCUT2D eigenvalue weighted by atomic mass is 14.0. The van der Waals surface area contributed by atoms with Crippen molar-refractivity contribution in [3.63, 3.8) is 0 Å². The van der Waals surface area contributed by atoms with E-state index in [1.54, 1.807) is 0 Å². The molecule has 0 aliphatic carbocycles. The molecule has 0 aromatic rings. The van der Waals surface area contributed by atoms with Crippen LogP contribution in [0.4, 0.5) is 0 Å². The van der Waals surface area contributed by atoms with Gasteiger partial charge >= 0.3 is 0 Å². The van der Waals surface area contributed by atoms with Gasteiger partial charge in [0.1, 0.15) is 0 Å². The quantitative estimate of drug-likeness (QED) is 0.504. The van der Waals surface area contributed by atoms with Crippen LogP contribution in [0.3, 0.4) is 0 Å². The van der Waals surface area contributed by atoms with Crippen LogP contribution in [0.1, 0.15) is 20.3 Å². The first-order chi connectivity index (χ1) is 4.35. The first-order valence-electron chi connectivity index (χ1n) is 3.43. The zero-order chi connectivity index (χ0) is 7.11. The van der Waals surface area contributed by atoms with E-state index in [4.69, 9.17) is 0 Å². The summed E-state index contributed by atoms with van der Waals surface area (Å²) in [5.41, 5.74) is 0. The summed E-state index contributed by atoms with van der Waals surface area (Å²) in [4.78, 5) is 0. The third-order valence-electron chi connectivity index (χ3n) is 1.32. The van der Waals surface area contributed by atoms with E-state index in [2.05, 4.69) is 26.0 Å². The Morgan fingerprint density at radius 3 is 2.56 bits per heavy atom. The minimum absolute atomic E-state index is 0.557. The number of rotatable bonds is 4.